The van der Waals surface area contributed by atoms with Gasteiger partial charge in [-0.1, -0.05) is 27.5 Å². The Hall–Kier alpha value is -0.290. The van der Waals surface area contributed by atoms with Crippen LogP contribution in [-0.4, -0.2) is 44.1 Å². The van der Waals surface area contributed by atoms with Gasteiger partial charge in [0.05, 0.1) is 13.7 Å². The van der Waals surface area contributed by atoms with Gasteiger partial charge in [0.25, 0.3) is 0 Å². The molecule has 0 aromatic heterocycles. The third kappa shape index (κ3) is 5.14. The molecule has 0 fully saturated rings. The van der Waals surface area contributed by atoms with E-state index in [9.17, 15) is 0 Å². The summed E-state index contributed by atoms with van der Waals surface area (Å²) in [5, 5.41) is 1.66. The smallest absolute Gasteiger partial charge is 0.123 e. The van der Waals surface area contributed by atoms with Crippen molar-refractivity contribution in [2.45, 2.75) is 6.54 Å². The van der Waals surface area contributed by atoms with Crippen molar-refractivity contribution in [2.24, 2.45) is 0 Å². The molecule has 0 atom stereocenters. The van der Waals surface area contributed by atoms with Crippen LogP contribution in [-0.2, 0) is 11.3 Å². The van der Waals surface area contributed by atoms with E-state index in [1.165, 1.54) is 0 Å². The first kappa shape index (κ1) is 15.8. The van der Waals surface area contributed by atoms with Crippen LogP contribution in [0.15, 0.2) is 18.2 Å². The molecule has 1 aromatic rings. The summed E-state index contributed by atoms with van der Waals surface area (Å²) in [6, 6.07) is 5.70. The standard InChI is InChI=1S/C13H19BrClNO2/c1-17-8-7-16(6-5-14)10-11-9-12(15)3-4-13(11)18-2/h3-4,9H,5-8,10H2,1-2H3. The Morgan fingerprint density at radius 3 is 2.67 bits per heavy atom. The minimum atomic E-state index is 0.718. The van der Waals surface area contributed by atoms with E-state index in [-0.39, 0.29) is 0 Å². The molecule has 18 heavy (non-hydrogen) atoms. The Labute approximate surface area is 122 Å². The molecule has 0 aliphatic carbocycles. The van der Waals surface area contributed by atoms with E-state index in [4.69, 9.17) is 21.1 Å². The van der Waals surface area contributed by atoms with Gasteiger partial charge >= 0.3 is 0 Å². The van der Waals surface area contributed by atoms with Gasteiger partial charge in [-0.25, -0.2) is 0 Å². The summed E-state index contributed by atoms with van der Waals surface area (Å²) in [7, 11) is 3.39. The SMILES string of the molecule is COCCN(CCBr)Cc1cc(Cl)ccc1OC. The van der Waals surface area contributed by atoms with Crippen LogP contribution in [0.1, 0.15) is 5.56 Å². The Bertz CT molecular complexity index is 363. The molecule has 0 saturated heterocycles. The van der Waals surface area contributed by atoms with Crippen molar-refractivity contribution in [1.29, 1.82) is 0 Å². The van der Waals surface area contributed by atoms with Crippen LogP contribution in [0, 0.1) is 0 Å². The predicted octanol–water partition coefficient (Wildman–Crippen LogP) is 3.19. The van der Waals surface area contributed by atoms with Crippen LogP contribution in [0.25, 0.3) is 0 Å². The molecule has 5 heteroatoms. The largest absolute Gasteiger partial charge is 0.496 e. The van der Waals surface area contributed by atoms with E-state index in [0.717, 1.165) is 47.9 Å². The maximum Gasteiger partial charge on any atom is 0.123 e. The van der Waals surface area contributed by atoms with Crippen molar-refractivity contribution < 1.29 is 9.47 Å². The number of alkyl halides is 1. The fourth-order valence-corrected chi connectivity index (χ4v) is 2.42. The lowest BCUT2D eigenvalue weighted by molar-refractivity contribution is 0.147. The van der Waals surface area contributed by atoms with Gasteiger partial charge in [-0.05, 0) is 18.2 Å². The zero-order chi connectivity index (χ0) is 13.4. The molecule has 0 heterocycles. The fourth-order valence-electron chi connectivity index (χ4n) is 1.72. The quantitative estimate of drug-likeness (QED) is 0.681. The second kappa shape index (κ2) is 8.75. The minimum absolute atomic E-state index is 0.718. The summed E-state index contributed by atoms with van der Waals surface area (Å²) in [6.07, 6.45) is 0. The molecule has 0 aliphatic heterocycles. The predicted molar refractivity (Wildman–Crippen MR) is 79.0 cm³/mol. The number of methoxy groups -OCH3 is 2. The van der Waals surface area contributed by atoms with E-state index >= 15 is 0 Å². The van der Waals surface area contributed by atoms with Gasteiger partial charge in [0, 0.05) is 42.7 Å². The van der Waals surface area contributed by atoms with Crippen LogP contribution < -0.4 is 4.74 Å². The average molecular weight is 337 g/mol. The number of hydrogen-bond acceptors (Lipinski definition) is 3. The van der Waals surface area contributed by atoms with Crippen molar-refractivity contribution in [2.75, 3.05) is 39.2 Å². The van der Waals surface area contributed by atoms with Gasteiger partial charge in [0.1, 0.15) is 5.75 Å². The zero-order valence-corrected chi connectivity index (χ0v) is 13.1. The lowest BCUT2D eigenvalue weighted by Gasteiger charge is -2.22. The number of ether oxygens (including phenoxy) is 2. The molecule has 0 aliphatic rings. The number of hydrogen-bond donors (Lipinski definition) is 0. The van der Waals surface area contributed by atoms with Crippen molar-refractivity contribution in [1.82, 2.24) is 4.90 Å². The highest BCUT2D eigenvalue weighted by molar-refractivity contribution is 9.09. The first-order valence-electron chi connectivity index (χ1n) is 5.81. The highest BCUT2D eigenvalue weighted by Gasteiger charge is 2.10. The molecule has 1 rings (SSSR count). The topological polar surface area (TPSA) is 21.7 Å². The van der Waals surface area contributed by atoms with E-state index in [2.05, 4.69) is 20.8 Å². The Morgan fingerprint density at radius 1 is 1.28 bits per heavy atom. The first-order valence-corrected chi connectivity index (χ1v) is 7.31. The average Bonchev–Trinajstić information content (AvgIpc) is 2.36. The molecule has 1 aromatic carbocycles. The second-order valence-electron chi connectivity index (χ2n) is 3.91. The van der Waals surface area contributed by atoms with Crippen molar-refractivity contribution in [3.8, 4) is 5.75 Å². The summed E-state index contributed by atoms with van der Waals surface area (Å²) in [4.78, 5) is 2.30. The van der Waals surface area contributed by atoms with Crippen molar-refractivity contribution in [3.63, 3.8) is 0 Å². The Balaban J connectivity index is 2.74. The Kier molecular flexibility index (Phi) is 7.66. The molecule has 0 N–H and O–H groups in total. The third-order valence-corrected chi connectivity index (χ3v) is 3.24. The third-order valence-electron chi connectivity index (χ3n) is 2.65. The van der Waals surface area contributed by atoms with Gasteiger partial charge in [-0.2, -0.15) is 0 Å². The zero-order valence-electron chi connectivity index (χ0n) is 10.8. The van der Waals surface area contributed by atoms with E-state index < -0.39 is 0 Å². The second-order valence-corrected chi connectivity index (χ2v) is 5.14. The highest BCUT2D eigenvalue weighted by Crippen LogP contribution is 2.24. The summed E-state index contributed by atoms with van der Waals surface area (Å²) >= 11 is 9.50. The normalized spacial score (nSPS) is 10.9. The molecule has 0 amide bonds. The van der Waals surface area contributed by atoms with Gasteiger partial charge in [0.2, 0.25) is 0 Å². The van der Waals surface area contributed by atoms with E-state index in [0.29, 0.717) is 0 Å². The van der Waals surface area contributed by atoms with Crippen molar-refractivity contribution >= 4 is 27.5 Å². The lowest BCUT2D eigenvalue weighted by Crippen LogP contribution is -2.29. The molecule has 0 saturated carbocycles. The first-order chi connectivity index (χ1) is 8.71. The van der Waals surface area contributed by atoms with Gasteiger partial charge in [-0.15, -0.1) is 0 Å². The highest BCUT2D eigenvalue weighted by atomic mass is 79.9. The van der Waals surface area contributed by atoms with Gasteiger partial charge in [0.15, 0.2) is 0 Å². The summed E-state index contributed by atoms with van der Waals surface area (Å²) in [6.45, 7) is 3.37. The lowest BCUT2D eigenvalue weighted by atomic mass is 10.2. The van der Waals surface area contributed by atoms with Gasteiger partial charge < -0.3 is 9.47 Å². The van der Waals surface area contributed by atoms with E-state index in [1.807, 2.05) is 18.2 Å². The summed E-state index contributed by atoms with van der Waals surface area (Å²) in [5.41, 5.74) is 1.10. The summed E-state index contributed by atoms with van der Waals surface area (Å²) in [5.74, 6) is 0.872. The minimum Gasteiger partial charge on any atom is -0.496 e. The van der Waals surface area contributed by atoms with Crippen LogP contribution in [0.2, 0.25) is 5.02 Å². The molecule has 102 valence electrons. The fraction of sp³-hybridized carbons (Fsp3) is 0.538. The molecule has 3 nitrogen and oxygen atoms in total. The molecule has 0 bridgehead atoms. The van der Waals surface area contributed by atoms with E-state index in [1.54, 1.807) is 14.2 Å². The molecule has 0 unspecified atom stereocenters. The number of rotatable bonds is 8. The molecule has 0 radical (unpaired) electrons. The van der Waals surface area contributed by atoms with Gasteiger partial charge in [-0.3, -0.25) is 4.90 Å². The molecule has 0 spiro atoms. The van der Waals surface area contributed by atoms with Crippen LogP contribution in [0.4, 0.5) is 0 Å². The van der Waals surface area contributed by atoms with Crippen LogP contribution in [0.3, 0.4) is 0 Å². The number of nitrogens with zero attached hydrogens (tertiary/aromatic N) is 1. The summed E-state index contributed by atoms with van der Waals surface area (Å²) < 4.78 is 10.5. The molecular formula is C13H19BrClNO2. The maximum absolute atomic E-state index is 6.03. The maximum atomic E-state index is 6.03. The van der Waals surface area contributed by atoms with Crippen LogP contribution >= 0.6 is 27.5 Å². The van der Waals surface area contributed by atoms with Crippen molar-refractivity contribution in [3.05, 3.63) is 28.8 Å². The monoisotopic (exact) mass is 335 g/mol. The number of benzene rings is 1. The number of halogens is 2. The Morgan fingerprint density at radius 2 is 2.06 bits per heavy atom. The molecular weight excluding hydrogens is 318 g/mol. The van der Waals surface area contributed by atoms with Crippen LogP contribution in [0.5, 0.6) is 5.75 Å².